The van der Waals surface area contributed by atoms with Crippen LogP contribution in [-0.2, 0) is 10.3 Å². The lowest BCUT2D eigenvalue weighted by Gasteiger charge is -2.33. The highest BCUT2D eigenvalue weighted by Crippen LogP contribution is 2.38. The molecule has 1 fully saturated rings. The lowest BCUT2D eigenvalue weighted by atomic mass is 9.87. The molecule has 0 radical (unpaired) electrons. The molecule has 1 aliphatic rings. The van der Waals surface area contributed by atoms with Gasteiger partial charge in [0.25, 0.3) is 0 Å². The van der Waals surface area contributed by atoms with E-state index in [2.05, 4.69) is 0 Å². The topological polar surface area (TPSA) is 47.9 Å². The molecule has 1 saturated heterocycles. The fourth-order valence-electron chi connectivity index (χ4n) is 2.17. The van der Waals surface area contributed by atoms with Crippen LogP contribution in [0.15, 0.2) is 18.2 Å². The Morgan fingerprint density at radius 1 is 1.29 bits per heavy atom. The number of methoxy groups -OCH3 is 2. The van der Waals surface area contributed by atoms with E-state index in [1.165, 1.54) is 0 Å². The zero-order valence-corrected chi connectivity index (χ0v) is 10.2. The molecule has 0 aliphatic carbocycles. The highest BCUT2D eigenvalue weighted by atomic mass is 16.5. The number of ether oxygens (including phenoxy) is 3. The van der Waals surface area contributed by atoms with Gasteiger partial charge in [-0.3, -0.25) is 0 Å². The van der Waals surface area contributed by atoms with Crippen LogP contribution in [-0.4, -0.2) is 32.5 Å². The summed E-state index contributed by atoms with van der Waals surface area (Å²) >= 11 is 0. The van der Waals surface area contributed by atoms with Crippen LogP contribution in [0.5, 0.6) is 11.5 Å². The molecule has 4 nitrogen and oxygen atoms in total. The Morgan fingerprint density at radius 2 is 2.12 bits per heavy atom. The molecule has 94 valence electrons. The first-order valence-corrected chi connectivity index (χ1v) is 5.72. The van der Waals surface area contributed by atoms with Gasteiger partial charge in [0, 0.05) is 12.2 Å². The van der Waals surface area contributed by atoms with Gasteiger partial charge in [-0.2, -0.15) is 0 Å². The fraction of sp³-hybridized carbons (Fsp3) is 0.538. The van der Waals surface area contributed by atoms with Gasteiger partial charge >= 0.3 is 0 Å². The number of hydrogen-bond acceptors (Lipinski definition) is 4. The summed E-state index contributed by atoms with van der Waals surface area (Å²) < 4.78 is 15.8. The predicted molar refractivity (Wildman–Crippen MR) is 63.5 cm³/mol. The summed E-state index contributed by atoms with van der Waals surface area (Å²) in [5, 5.41) is 10.6. The van der Waals surface area contributed by atoms with E-state index in [9.17, 15) is 5.11 Å². The smallest absolute Gasteiger partial charge is 0.125 e. The number of aliphatic hydroxyl groups is 1. The summed E-state index contributed by atoms with van der Waals surface area (Å²) in [5.41, 5.74) is -0.239. The molecule has 0 saturated carbocycles. The van der Waals surface area contributed by atoms with E-state index in [0.717, 1.165) is 12.0 Å². The van der Waals surface area contributed by atoms with Gasteiger partial charge in [-0.05, 0) is 31.0 Å². The molecule has 0 bridgehead atoms. The fourth-order valence-corrected chi connectivity index (χ4v) is 2.17. The third-order valence-electron chi connectivity index (χ3n) is 3.13. The summed E-state index contributed by atoms with van der Waals surface area (Å²) in [6.07, 6.45) is 1.52. The lowest BCUT2D eigenvalue weighted by molar-refractivity contribution is -0.0913. The minimum absolute atomic E-state index is 0.302. The average molecular weight is 238 g/mol. The van der Waals surface area contributed by atoms with Gasteiger partial charge in [-0.25, -0.2) is 0 Å². The van der Waals surface area contributed by atoms with Crippen molar-refractivity contribution in [2.24, 2.45) is 0 Å². The molecule has 0 amide bonds. The molecule has 1 heterocycles. The van der Waals surface area contributed by atoms with E-state index in [-0.39, 0.29) is 0 Å². The van der Waals surface area contributed by atoms with Crippen molar-refractivity contribution in [2.75, 3.05) is 27.4 Å². The largest absolute Gasteiger partial charge is 0.497 e. The molecular weight excluding hydrogens is 220 g/mol. The molecule has 1 N–H and O–H groups in total. The quantitative estimate of drug-likeness (QED) is 0.870. The molecule has 1 atom stereocenters. The van der Waals surface area contributed by atoms with E-state index < -0.39 is 5.60 Å². The van der Waals surface area contributed by atoms with Crippen molar-refractivity contribution in [3.63, 3.8) is 0 Å². The van der Waals surface area contributed by atoms with Crippen molar-refractivity contribution in [1.29, 1.82) is 0 Å². The molecule has 4 heteroatoms. The second kappa shape index (κ2) is 4.94. The average Bonchev–Trinajstić information content (AvgIpc) is 2.39. The van der Waals surface area contributed by atoms with Crippen molar-refractivity contribution in [3.05, 3.63) is 23.8 Å². The van der Waals surface area contributed by atoms with Crippen molar-refractivity contribution in [1.82, 2.24) is 0 Å². The van der Waals surface area contributed by atoms with Crippen LogP contribution in [0, 0.1) is 0 Å². The van der Waals surface area contributed by atoms with Crippen LogP contribution < -0.4 is 9.47 Å². The summed E-state index contributed by atoms with van der Waals surface area (Å²) in [5.74, 6) is 1.37. The van der Waals surface area contributed by atoms with Crippen LogP contribution >= 0.6 is 0 Å². The maximum Gasteiger partial charge on any atom is 0.125 e. The van der Waals surface area contributed by atoms with Crippen LogP contribution in [0.25, 0.3) is 0 Å². The first kappa shape index (κ1) is 12.2. The Morgan fingerprint density at radius 3 is 2.71 bits per heavy atom. The Balaban J connectivity index is 2.40. The first-order valence-electron chi connectivity index (χ1n) is 5.72. The second-order valence-electron chi connectivity index (χ2n) is 4.25. The third kappa shape index (κ3) is 2.37. The standard InChI is InChI=1S/C13H18O4/c1-15-10-4-5-12(16-2)11(8-10)13(14)6-3-7-17-9-13/h4-5,8,14H,3,6-7,9H2,1-2H3. The second-order valence-corrected chi connectivity index (χ2v) is 4.25. The van der Waals surface area contributed by atoms with E-state index >= 15 is 0 Å². The van der Waals surface area contributed by atoms with Crippen molar-refractivity contribution >= 4 is 0 Å². The molecule has 0 aromatic heterocycles. The van der Waals surface area contributed by atoms with E-state index in [1.54, 1.807) is 20.3 Å². The van der Waals surface area contributed by atoms with Gasteiger partial charge in [-0.15, -0.1) is 0 Å². The Bertz CT molecular complexity index is 383. The lowest BCUT2D eigenvalue weighted by Crippen LogP contribution is -2.36. The molecule has 1 aromatic carbocycles. The van der Waals surface area contributed by atoms with Crippen molar-refractivity contribution in [2.45, 2.75) is 18.4 Å². The van der Waals surface area contributed by atoms with Gasteiger partial charge in [0.1, 0.15) is 17.1 Å². The Hall–Kier alpha value is -1.26. The van der Waals surface area contributed by atoms with Gasteiger partial charge < -0.3 is 19.3 Å². The van der Waals surface area contributed by atoms with Gasteiger partial charge in [0.15, 0.2) is 0 Å². The molecule has 0 spiro atoms. The van der Waals surface area contributed by atoms with Crippen LogP contribution in [0.1, 0.15) is 18.4 Å². The molecule has 1 aromatic rings. The SMILES string of the molecule is COc1ccc(OC)c(C2(O)CCCOC2)c1. The zero-order chi connectivity index (χ0) is 12.3. The highest BCUT2D eigenvalue weighted by Gasteiger charge is 2.35. The number of hydrogen-bond donors (Lipinski definition) is 1. The first-order chi connectivity index (χ1) is 8.19. The van der Waals surface area contributed by atoms with Crippen molar-refractivity contribution < 1.29 is 19.3 Å². The molecule has 17 heavy (non-hydrogen) atoms. The molecular formula is C13H18O4. The van der Waals surface area contributed by atoms with Gasteiger partial charge in [0.2, 0.25) is 0 Å². The number of rotatable bonds is 3. The summed E-state index contributed by atoms with van der Waals surface area (Å²) in [6, 6.07) is 5.43. The van der Waals surface area contributed by atoms with Gasteiger partial charge in [0.05, 0.1) is 20.8 Å². The van der Waals surface area contributed by atoms with Crippen LogP contribution in [0.4, 0.5) is 0 Å². The predicted octanol–water partition coefficient (Wildman–Crippen LogP) is 1.70. The monoisotopic (exact) mass is 238 g/mol. The highest BCUT2D eigenvalue weighted by molar-refractivity contribution is 5.44. The van der Waals surface area contributed by atoms with E-state index in [0.29, 0.717) is 31.1 Å². The normalized spacial score (nSPS) is 24.4. The molecule has 1 aliphatic heterocycles. The molecule has 2 rings (SSSR count). The Kier molecular flexibility index (Phi) is 3.54. The van der Waals surface area contributed by atoms with Crippen molar-refractivity contribution in [3.8, 4) is 11.5 Å². The number of benzene rings is 1. The third-order valence-corrected chi connectivity index (χ3v) is 3.13. The minimum Gasteiger partial charge on any atom is -0.497 e. The summed E-state index contributed by atoms with van der Waals surface area (Å²) in [6.45, 7) is 1.01. The summed E-state index contributed by atoms with van der Waals surface area (Å²) in [4.78, 5) is 0. The summed E-state index contributed by atoms with van der Waals surface area (Å²) in [7, 11) is 3.20. The maximum absolute atomic E-state index is 10.6. The Labute approximate surface area is 101 Å². The zero-order valence-electron chi connectivity index (χ0n) is 10.2. The van der Waals surface area contributed by atoms with Crippen LogP contribution in [0.2, 0.25) is 0 Å². The van der Waals surface area contributed by atoms with E-state index in [1.807, 2.05) is 12.1 Å². The minimum atomic E-state index is -0.974. The van der Waals surface area contributed by atoms with E-state index in [4.69, 9.17) is 14.2 Å². The van der Waals surface area contributed by atoms with Crippen LogP contribution in [0.3, 0.4) is 0 Å². The maximum atomic E-state index is 10.6. The van der Waals surface area contributed by atoms with Gasteiger partial charge in [-0.1, -0.05) is 0 Å². The molecule has 1 unspecified atom stereocenters.